The third-order valence-electron chi connectivity index (χ3n) is 6.23. The standard InChI is InChI=1S/C24H30N4O3/c1-4-30-19(29)13-15-5-7-16(8-6-15)17-9-11-18(12-10-17)21-24(2,3)31-23-20(28-21)22(25)26-14-27-23/h9-12,14-16H,4-8,13H2,1-3H3,(H2,25,26,27). The van der Waals surface area contributed by atoms with Gasteiger partial charge in [0.2, 0.25) is 5.88 Å². The molecule has 1 aromatic carbocycles. The Morgan fingerprint density at radius 3 is 2.55 bits per heavy atom. The molecule has 2 aliphatic rings. The second-order valence-corrected chi connectivity index (χ2v) is 8.83. The number of rotatable bonds is 5. The number of anilines is 1. The van der Waals surface area contributed by atoms with Crippen LogP contribution in [-0.4, -0.2) is 33.9 Å². The number of nitrogens with zero attached hydrogens (tertiary/aromatic N) is 3. The van der Waals surface area contributed by atoms with Crippen LogP contribution in [0.1, 0.15) is 69.9 Å². The van der Waals surface area contributed by atoms with Crippen molar-refractivity contribution in [2.45, 2.75) is 64.4 Å². The number of aliphatic imine (C=N–C) groups is 1. The lowest BCUT2D eigenvalue weighted by Crippen LogP contribution is -2.41. The minimum Gasteiger partial charge on any atom is -0.466 e. The van der Waals surface area contributed by atoms with Crippen LogP contribution in [0.5, 0.6) is 5.88 Å². The van der Waals surface area contributed by atoms with E-state index < -0.39 is 5.60 Å². The number of nitrogen functional groups attached to an aromatic ring is 1. The molecule has 1 saturated carbocycles. The highest BCUT2D eigenvalue weighted by Gasteiger charge is 2.35. The fraction of sp³-hybridized carbons (Fsp3) is 0.500. The maximum Gasteiger partial charge on any atom is 0.306 e. The molecule has 7 heteroatoms. The number of ether oxygens (including phenoxy) is 2. The van der Waals surface area contributed by atoms with Crippen molar-refractivity contribution in [2.24, 2.45) is 10.9 Å². The quantitative estimate of drug-likeness (QED) is 0.708. The van der Waals surface area contributed by atoms with Crippen molar-refractivity contribution in [1.82, 2.24) is 9.97 Å². The molecular formula is C24H30N4O3. The van der Waals surface area contributed by atoms with Crippen LogP contribution >= 0.6 is 0 Å². The number of aromatic nitrogens is 2. The van der Waals surface area contributed by atoms with Crippen molar-refractivity contribution in [3.05, 3.63) is 41.7 Å². The highest BCUT2D eigenvalue weighted by atomic mass is 16.5. The Balaban J connectivity index is 1.47. The van der Waals surface area contributed by atoms with Gasteiger partial charge in [0, 0.05) is 12.0 Å². The van der Waals surface area contributed by atoms with Crippen LogP contribution in [0.3, 0.4) is 0 Å². The fourth-order valence-electron chi connectivity index (χ4n) is 4.57. The first kappa shape index (κ1) is 21.3. The van der Waals surface area contributed by atoms with E-state index in [2.05, 4.69) is 34.2 Å². The summed E-state index contributed by atoms with van der Waals surface area (Å²) < 4.78 is 11.2. The third kappa shape index (κ3) is 4.55. The summed E-state index contributed by atoms with van der Waals surface area (Å²) in [5.41, 5.74) is 8.99. The first-order valence-electron chi connectivity index (χ1n) is 11.0. The number of benzene rings is 1. The number of esters is 1. The minimum absolute atomic E-state index is 0.0685. The predicted molar refractivity (Wildman–Crippen MR) is 120 cm³/mol. The van der Waals surface area contributed by atoms with Crippen LogP contribution in [0.4, 0.5) is 11.5 Å². The first-order valence-corrected chi connectivity index (χ1v) is 11.0. The number of carbonyl (C=O) groups excluding carboxylic acids is 1. The molecule has 1 aliphatic carbocycles. The predicted octanol–water partition coefficient (Wildman–Crippen LogP) is 4.58. The molecule has 7 nitrogen and oxygen atoms in total. The molecule has 0 radical (unpaired) electrons. The van der Waals surface area contributed by atoms with Gasteiger partial charge in [-0.05, 0) is 63.9 Å². The van der Waals surface area contributed by atoms with Crippen LogP contribution in [0, 0.1) is 5.92 Å². The third-order valence-corrected chi connectivity index (χ3v) is 6.23. The van der Waals surface area contributed by atoms with Gasteiger partial charge >= 0.3 is 5.97 Å². The molecule has 1 aromatic heterocycles. The zero-order valence-corrected chi connectivity index (χ0v) is 18.4. The van der Waals surface area contributed by atoms with E-state index >= 15 is 0 Å². The monoisotopic (exact) mass is 422 g/mol. The van der Waals surface area contributed by atoms with Gasteiger partial charge in [0.1, 0.15) is 11.9 Å². The molecule has 164 valence electrons. The highest BCUT2D eigenvalue weighted by molar-refractivity contribution is 6.09. The van der Waals surface area contributed by atoms with Crippen molar-refractivity contribution in [2.75, 3.05) is 12.3 Å². The van der Waals surface area contributed by atoms with Gasteiger partial charge in [-0.15, -0.1) is 0 Å². The summed E-state index contributed by atoms with van der Waals surface area (Å²) in [5.74, 6) is 1.62. The summed E-state index contributed by atoms with van der Waals surface area (Å²) >= 11 is 0. The topological polar surface area (TPSA) is 99.7 Å². The summed E-state index contributed by atoms with van der Waals surface area (Å²) in [4.78, 5) is 24.7. The van der Waals surface area contributed by atoms with Gasteiger partial charge in [0.15, 0.2) is 11.5 Å². The SMILES string of the molecule is CCOC(=O)CC1CCC(c2ccc(C3=Nc4c(N)ncnc4OC3(C)C)cc2)CC1. The second-order valence-electron chi connectivity index (χ2n) is 8.83. The lowest BCUT2D eigenvalue weighted by atomic mass is 9.77. The average molecular weight is 423 g/mol. The largest absolute Gasteiger partial charge is 0.466 e. The molecule has 0 amide bonds. The maximum atomic E-state index is 11.7. The molecule has 1 aliphatic heterocycles. The van der Waals surface area contributed by atoms with E-state index in [0.717, 1.165) is 37.0 Å². The average Bonchev–Trinajstić information content (AvgIpc) is 2.74. The molecular weight excluding hydrogens is 392 g/mol. The molecule has 2 aromatic rings. The van der Waals surface area contributed by atoms with Crippen molar-refractivity contribution >= 4 is 23.2 Å². The number of nitrogens with two attached hydrogens (primary N) is 1. The van der Waals surface area contributed by atoms with E-state index in [1.54, 1.807) is 0 Å². The summed E-state index contributed by atoms with van der Waals surface area (Å²) in [6, 6.07) is 8.58. The van der Waals surface area contributed by atoms with E-state index in [-0.39, 0.29) is 5.97 Å². The van der Waals surface area contributed by atoms with Gasteiger partial charge in [-0.3, -0.25) is 4.79 Å². The highest BCUT2D eigenvalue weighted by Crippen LogP contribution is 2.40. The Hall–Kier alpha value is -2.96. The smallest absolute Gasteiger partial charge is 0.306 e. The number of carbonyl (C=O) groups is 1. The van der Waals surface area contributed by atoms with Crippen LogP contribution < -0.4 is 10.5 Å². The van der Waals surface area contributed by atoms with E-state index in [1.165, 1.54) is 11.9 Å². The molecule has 1 fully saturated rings. The van der Waals surface area contributed by atoms with E-state index in [0.29, 0.717) is 42.2 Å². The van der Waals surface area contributed by atoms with Crippen LogP contribution in [0.15, 0.2) is 35.6 Å². The lowest BCUT2D eigenvalue weighted by Gasteiger charge is -2.32. The van der Waals surface area contributed by atoms with Crippen molar-refractivity contribution in [3.8, 4) is 5.88 Å². The Morgan fingerprint density at radius 1 is 1.16 bits per heavy atom. The number of hydrogen-bond acceptors (Lipinski definition) is 7. The molecule has 0 saturated heterocycles. The normalized spacial score (nSPS) is 22.1. The lowest BCUT2D eigenvalue weighted by molar-refractivity contribution is -0.144. The van der Waals surface area contributed by atoms with Gasteiger partial charge in [-0.25, -0.2) is 9.98 Å². The van der Waals surface area contributed by atoms with Crippen molar-refractivity contribution in [1.29, 1.82) is 0 Å². The molecule has 4 rings (SSSR count). The fourth-order valence-corrected chi connectivity index (χ4v) is 4.57. The van der Waals surface area contributed by atoms with Crippen LogP contribution in [0.25, 0.3) is 0 Å². The summed E-state index contributed by atoms with van der Waals surface area (Å²) in [6.07, 6.45) is 6.26. The molecule has 2 N–H and O–H groups in total. The first-order chi connectivity index (χ1) is 14.9. The molecule has 0 unspecified atom stereocenters. The molecule has 0 atom stereocenters. The van der Waals surface area contributed by atoms with E-state index in [4.69, 9.17) is 20.2 Å². The van der Waals surface area contributed by atoms with Gasteiger partial charge in [0.25, 0.3) is 0 Å². The van der Waals surface area contributed by atoms with Crippen molar-refractivity contribution < 1.29 is 14.3 Å². The Kier molecular flexibility index (Phi) is 5.94. The molecule has 0 bridgehead atoms. The second kappa shape index (κ2) is 8.65. The minimum atomic E-state index is -0.625. The van der Waals surface area contributed by atoms with E-state index in [9.17, 15) is 4.79 Å². The molecule has 0 spiro atoms. The molecule has 31 heavy (non-hydrogen) atoms. The van der Waals surface area contributed by atoms with Crippen molar-refractivity contribution in [3.63, 3.8) is 0 Å². The van der Waals surface area contributed by atoms with Gasteiger partial charge < -0.3 is 15.2 Å². The maximum absolute atomic E-state index is 11.7. The van der Waals surface area contributed by atoms with Crippen LogP contribution in [0.2, 0.25) is 0 Å². The number of fused-ring (bicyclic) bond motifs is 1. The zero-order chi connectivity index (χ0) is 22.0. The van der Waals surface area contributed by atoms with Crippen LogP contribution in [-0.2, 0) is 9.53 Å². The summed E-state index contributed by atoms with van der Waals surface area (Å²) in [6.45, 7) is 6.27. The van der Waals surface area contributed by atoms with Gasteiger partial charge in [-0.1, -0.05) is 24.3 Å². The van der Waals surface area contributed by atoms with E-state index in [1.807, 2.05) is 20.8 Å². The Bertz CT molecular complexity index is 977. The Labute approximate surface area is 183 Å². The summed E-state index contributed by atoms with van der Waals surface area (Å²) in [5, 5.41) is 0. The molecule has 2 heterocycles. The van der Waals surface area contributed by atoms with Gasteiger partial charge in [-0.2, -0.15) is 4.98 Å². The zero-order valence-electron chi connectivity index (χ0n) is 18.4. The van der Waals surface area contributed by atoms with Gasteiger partial charge in [0.05, 0.1) is 12.3 Å². The summed E-state index contributed by atoms with van der Waals surface area (Å²) in [7, 11) is 0. The number of hydrogen-bond donors (Lipinski definition) is 1. The Morgan fingerprint density at radius 2 is 1.87 bits per heavy atom.